The number of alkyl halides is 6. The van der Waals surface area contributed by atoms with Crippen LogP contribution in [0.2, 0.25) is 0 Å². The summed E-state index contributed by atoms with van der Waals surface area (Å²) in [4.78, 5) is 26.2. The Hall–Kier alpha value is -3.09. The summed E-state index contributed by atoms with van der Waals surface area (Å²) >= 11 is 0. The average molecular weight is 508 g/mol. The summed E-state index contributed by atoms with van der Waals surface area (Å²) in [7, 11) is -3.75. The molecule has 1 fully saturated rings. The van der Waals surface area contributed by atoms with E-state index in [-0.39, 0.29) is 23.2 Å². The highest BCUT2D eigenvalue weighted by molar-refractivity contribution is 7.90. The SMILES string of the molecule is Cc1cccc(S(C)(=O)=O)c1N1CC(C(=O)Nc2cc(C(F)(F)F)cc(C(F)(F)F)c2)CC1=O. The highest BCUT2D eigenvalue weighted by Gasteiger charge is 2.39. The second-order valence-electron chi connectivity index (χ2n) is 7.88. The van der Waals surface area contributed by atoms with Crippen molar-refractivity contribution in [2.45, 2.75) is 30.6 Å². The van der Waals surface area contributed by atoms with Crippen LogP contribution in [0.25, 0.3) is 0 Å². The first-order valence-corrected chi connectivity index (χ1v) is 11.6. The number of anilines is 2. The van der Waals surface area contributed by atoms with Crippen LogP contribution in [-0.2, 0) is 31.8 Å². The Balaban J connectivity index is 1.90. The van der Waals surface area contributed by atoms with E-state index in [9.17, 15) is 44.3 Å². The summed E-state index contributed by atoms with van der Waals surface area (Å²) in [5.41, 5.74) is -3.42. The number of para-hydroxylation sites is 1. The van der Waals surface area contributed by atoms with Crippen molar-refractivity contribution in [3.8, 4) is 0 Å². The Labute approximate surface area is 190 Å². The Morgan fingerprint density at radius 3 is 2.09 bits per heavy atom. The van der Waals surface area contributed by atoms with Gasteiger partial charge in [-0.15, -0.1) is 0 Å². The van der Waals surface area contributed by atoms with Gasteiger partial charge in [-0.05, 0) is 36.8 Å². The molecule has 1 heterocycles. The van der Waals surface area contributed by atoms with Crippen LogP contribution in [0.15, 0.2) is 41.3 Å². The molecule has 0 radical (unpaired) electrons. The molecule has 1 aliphatic heterocycles. The lowest BCUT2D eigenvalue weighted by Crippen LogP contribution is -2.30. The van der Waals surface area contributed by atoms with Crippen LogP contribution in [0.4, 0.5) is 37.7 Å². The van der Waals surface area contributed by atoms with Crippen molar-refractivity contribution in [1.29, 1.82) is 0 Å². The number of halogens is 6. The van der Waals surface area contributed by atoms with Crippen LogP contribution in [-0.4, -0.2) is 33.0 Å². The predicted octanol–water partition coefficient (Wildman–Crippen LogP) is 4.43. The second kappa shape index (κ2) is 8.60. The van der Waals surface area contributed by atoms with Crippen molar-refractivity contribution in [3.05, 3.63) is 53.1 Å². The normalized spacial score (nSPS) is 17.2. The van der Waals surface area contributed by atoms with E-state index in [2.05, 4.69) is 0 Å². The molecule has 0 aromatic heterocycles. The lowest BCUT2D eigenvalue weighted by atomic mass is 10.1. The number of nitrogens with zero attached hydrogens (tertiary/aromatic N) is 1. The van der Waals surface area contributed by atoms with E-state index in [1.807, 2.05) is 5.32 Å². The highest BCUT2D eigenvalue weighted by atomic mass is 32.2. The van der Waals surface area contributed by atoms with Gasteiger partial charge in [0.05, 0.1) is 27.6 Å². The maximum atomic E-state index is 13.1. The van der Waals surface area contributed by atoms with Crippen LogP contribution >= 0.6 is 0 Å². The molecule has 1 aliphatic rings. The van der Waals surface area contributed by atoms with E-state index in [1.54, 1.807) is 13.0 Å². The van der Waals surface area contributed by atoms with Gasteiger partial charge >= 0.3 is 12.4 Å². The lowest BCUT2D eigenvalue weighted by Gasteiger charge is -2.22. The Bertz CT molecular complexity index is 1220. The van der Waals surface area contributed by atoms with Gasteiger partial charge in [-0.1, -0.05) is 12.1 Å². The van der Waals surface area contributed by atoms with Gasteiger partial charge in [0.1, 0.15) is 0 Å². The molecule has 2 amide bonds. The second-order valence-corrected chi connectivity index (χ2v) is 9.87. The third-order valence-electron chi connectivity index (χ3n) is 5.22. The third-order valence-corrected chi connectivity index (χ3v) is 6.35. The van der Waals surface area contributed by atoms with E-state index in [0.29, 0.717) is 17.7 Å². The molecule has 1 saturated heterocycles. The number of aryl methyl sites for hydroxylation is 1. The monoisotopic (exact) mass is 508 g/mol. The molecule has 13 heteroatoms. The number of rotatable bonds is 4. The molecule has 1 unspecified atom stereocenters. The summed E-state index contributed by atoms with van der Waals surface area (Å²) in [6.45, 7) is 1.26. The molecule has 34 heavy (non-hydrogen) atoms. The van der Waals surface area contributed by atoms with Gasteiger partial charge < -0.3 is 10.2 Å². The predicted molar refractivity (Wildman–Crippen MR) is 110 cm³/mol. The highest BCUT2D eigenvalue weighted by Crippen LogP contribution is 2.38. The molecule has 6 nitrogen and oxygen atoms in total. The minimum atomic E-state index is -5.09. The summed E-state index contributed by atoms with van der Waals surface area (Å²) in [5.74, 6) is -2.72. The van der Waals surface area contributed by atoms with E-state index < -0.39 is 63.2 Å². The van der Waals surface area contributed by atoms with Gasteiger partial charge in [-0.2, -0.15) is 26.3 Å². The number of hydrogen-bond acceptors (Lipinski definition) is 4. The topological polar surface area (TPSA) is 83.6 Å². The largest absolute Gasteiger partial charge is 0.416 e. The number of hydrogen-bond donors (Lipinski definition) is 1. The summed E-state index contributed by atoms with van der Waals surface area (Å²) < 4.78 is 103. The van der Waals surface area contributed by atoms with E-state index in [0.717, 1.165) is 11.2 Å². The van der Waals surface area contributed by atoms with Crippen molar-refractivity contribution in [3.63, 3.8) is 0 Å². The Kier molecular flexibility index (Phi) is 6.46. The van der Waals surface area contributed by atoms with E-state index in [4.69, 9.17) is 0 Å². The molecular weight excluding hydrogens is 490 g/mol. The maximum Gasteiger partial charge on any atom is 0.416 e. The molecule has 1 atom stereocenters. The number of benzene rings is 2. The molecule has 3 rings (SSSR count). The fourth-order valence-electron chi connectivity index (χ4n) is 3.65. The standard InChI is InChI=1S/C21H18F6N2O4S/c1-11-4-3-5-16(34(2,32)33)18(11)29-10-12(6-17(29)30)19(31)28-15-8-13(20(22,23)24)7-14(9-15)21(25,26)27/h3-5,7-9,12H,6,10H2,1-2H3,(H,28,31). The number of amides is 2. The maximum absolute atomic E-state index is 13.1. The van der Waals surface area contributed by atoms with Gasteiger partial charge in [0, 0.05) is 24.9 Å². The van der Waals surface area contributed by atoms with Gasteiger partial charge in [0.15, 0.2) is 9.84 Å². The van der Waals surface area contributed by atoms with Crippen molar-refractivity contribution in [2.75, 3.05) is 23.0 Å². The van der Waals surface area contributed by atoms with Crippen LogP contribution < -0.4 is 10.2 Å². The van der Waals surface area contributed by atoms with E-state index >= 15 is 0 Å². The van der Waals surface area contributed by atoms with Gasteiger partial charge in [0.25, 0.3) is 0 Å². The zero-order valence-corrected chi connectivity index (χ0v) is 18.5. The van der Waals surface area contributed by atoms with Crippen LogP contribution in [0, 0.1) is 12.8 Å². The molecule has 0 spiro atoms. The fourth-order valence-corrected chi connectivity index (χ4v) is 4.60. The average Bonchev–Trinajstić information content (AvgIpc) is 3.07. The number of carbonyl (C=O) groups excluding carboxylic acids is 2. The first-order valence-electron chi connectivity index (χ1n) is 9.69. The van der Waals surface area contributed by atoms with Crippen LogP contribution in [0.1, 0.15) is 23.1 Å². The minimum absolute atomic E-state index is 0.0681. The Morgan fingerprint density at radius 2 is 1.59 bits per heavy atom. The van der Waals surface area contributed by atoms with Crippen LogP contribution in [0.3, 0.4) is 0 Å². The smallest absolute Gasteiger partial charge is 0.326 e. The lowest BCUT2D eigenvalue weighted by molar-refractivity contribution is -0.143. The molecular formula is C21H18F6N2O4S. The number of carbonyl (C=O) groups is 2. The molecule has 1 N–H and O–H groups in total. The molecule has 2 aromatic carbocycles. The number of nitrogens with one attached hydrogen (secondary N) is 1. The van der Waals surface area contributed by atoms with Crippen molar-refractivity contribution < 1.29 is 44.3 Å². The zero-order chi connectivity index (χ0) is 25.6. The zero-order valence-electron chi connectivity index (χ0n) is 17.7. The van der Waals surface area contributed by atoms with Gasteiger partial charge in [0.2, 0.25) is 11.8 Å². The summed E-state index contributed by atoms with van der Waals surface area (Å²) in [6.07, 6.45) is -9.64. The van der Waals surface area contributed by atoms with Crippen molar-refractivity contribution >= 4 is 33.0 Å². The molecule has 0 bridgehead atoms. The molecule has 2 aromatic rings. The van der Waals surface area contributed by atoms with Crippen molar-refractivity contribution in [2.24, 2.45) is 5.92 Å². The number of sulfone groups is 1. The summed E-state index contributed by atoms with van der Waals surface area (Å²) in [6, 6.07) is 4.99. The third kappa shape index (κ3) is 5.34. The molecule has 0 saturated carbocycles. The summed E-state index contributed by atoms with van der Waals surface area (Å²) in [5, 5.41) is 2.02. The van der Waals surface area contributed by atoms with Crippen molar-refractivity contribution in [1.82, 2.24) is 0 Å². The Morgan fingerprint density at radius 1 is 1.03 bits per heavy atom. The van der Waals surface area contributed by atoms with Gasteiger partial charge in [-0.25, -0.2) is 8.42 Å². The van der Waals surface area contributed by atoms with Gasteiger partial charge in [-0.3, -0.25) is 9.59 Å². The minimum Gasteiger partial charge on any atom is -0.326 e. The quantitative estimate of drug-likeness (QED) is 0.620. The fraction of sp³-hybridized carbons (Fsp3) is 0.333. The first kappa shape index (κ1) is 25.5. The molecule has 0 aliphatic carbocycles. The van der Waals surface area contributed by atoms with Crippen LogP contribution in [0.5, 0.6) is 0 Å². The molecule has 184 valence electrons. The first-order chi connectivity index (χ1) is 15.5. The van der Waals surface area contributed by atoms with E-state index in [1.165, 1.54) is 12.1 Å².